The Kier molecular flexibility index (Phi) is 6.07. The van der Waals surface area contributed by atoms with Crippen molar-refractivity contribution in [1.29, 1.82) is 0 Å². The Morgan fingerprint density at radius 1 is 1.30 bits per heavy atom. The molecule has 2 heterocycles. The Bertz CT molecular complexity index is 851. The molecule has 1 saturated heterocycles. The summed E-state index contributed by atoms with van der Waals surface area (Å²) in [7, 11) is 0. The number of hydrogen-bond donors (Lipinski definition) is 1. The predicted octanol–water partition coefficient (Wildman–Crippen LogP) is 4.25. The van der Waals surface area contributed by atoms with Crippen LogP contribution in [0.15, 0.2) is 24.3 Å². The van der Waals surface area contributed by atoms with E-state index in [0.717, 1.165) is 25.9 Å². The summed E-state index contributed by atoms with van der Waals surface area (Å²) in [6.07, 6.45) is 2.12. The van der Waals surface area contributed by atoms with Gasteiger partial charge in [-0.25, -0.2) is 13.8 Å². The van der Waals surface area contributed by atoms with Crippen LogP contribution in [0.3, 0.4) is 0 Å². The number of pyridine rings is 1. The van der Waals surface area contributed by atoms with E-state index in [4.69, 9.17) is 17.3 Å². The number of aromatic nitrogens is 1. The van der Waals surface area contributed by atoms with Gasteiger partial charge in [-0.05, 0) is 57.3 Å². The number of piperidine rings is 1. The summed E-state index contributed by atoms with van der Waals surface area (Å²) in [5.74, 6) is -0.898. The molecule has 0 radical (unpaired) electrons. The van der Waals surface area contributed by atoms with E-state index in [9.17, 15) is 13.6 Å². The standard InChI is InChI=1S/C20H22ClF2N3O/c1-12(27)15-10-18(24)25-17(20(15)23)9-13-5-7-26(8-6-13)11-14-3-2-4-16(21)19(14)22/h2-4,10,13H,5-9,11H2,1H3,(H2,24,25). The summed E-state index contributed by atoms with van der Waals surface area (Å²) in [6, 6.07) is 6.30. The number of carbonyl (C=O) groups is 1. The van der Waals surface area contributed by atoms with Crippen molar-refractivity contribution < 1.29 is 13.6 Å². The molecule has 1 fully saturated rings. The van der Waals surface area contributed by atoms with Crippen molar-refractivity contribution in [2.75, 3.05) is 18.8 Å². The first-order valence-electron chi connectivity index (χ1n) is 8.96. The fourth-order valence-corrected chi connectivity index (χ4v) is 3.72. The van der Waals surface area contributed by atoms with Gasteiger partial charge in [0.1, 0.15) is 11.6 Å². The highest BCUT2D eigenvalue weighted by Gasteiger charge is 2.24. The molecule has 1 aliphatic rings. The number of hydrogen-bond acceptors (Lipinski definition) is 4. The molecule has 0 amide bonds. The zero-order valence-electron chi connectivity index (χ0n) is 15.1. The first-order valence-corrected chi connectivity index (χ1v) is 9.34. The summed E-state index contributed by atoms with van der Waals surface area (Å²) in [5, 5.41) is 0.131. The van der Waals surface area contributed by atoms with Crippen LogP contribution in [0, 0.1) is 17.6 Å². The van der Waals surface area contributed by atoms with Crippen LogP contribution >= 0.6 is 11.6 Å². The number of benzene rings is 1. The van der Waals surface area contributed by atoms with Gasteiger partial charge in [0.05, 0.1) is 16.3 Å². The number of nitrogens with two attached hydrogens (primary N) is 1. The molecule has 1 aliphatic heterocycles. The maximum absolute atomic E-state index is 14.5. The van der Waals surface area contributed by atoms with Crippen molar-refractivity contribution in [2.45, 2.75) is 32.7 Å². The highest BCUT2D eigenvalue weighted by atomic mass is 35.5. The first-order chi connectivity index (χ1) is 12.8. The average molecular weight is 394 g/mol. The van der Waals surface area contributed by atoms with Gasteiger partial charge in [-0.1, -0.05) is 23.7 Å². The van der Waals surface area contributed by atoms with Gasteiger partial charge in [-0.3, -0.25) is 9.69 Å². The zero-order chi connectivity index (χ0) is 19.6. The number of carbonyl (C=O) groups excluding carboxylic acids is 1. The number of ketones is 1. The van der Waals surface area contributed by atoms with Crippen molar-refractivity contribution in [1.82, 2.24) is 9.88 Å². The number of nitrogen functional groups attached to an aromatic ring is 1. The largest absolute Gasteiger partial charge is 0.384 e. The van der Waals surface area contributed by atoms with Crippen molar-refractivity contribution in [2.24, 2.45) is 5.92 Å². The van der Waals surface area contributed by atoms with Gasteiger partial charge in [0.15, 0.2) is 11.6 Å². The van der Waals surface area contributed by atoms with Gasteiger partial charge < -0.3 is 5.73 Å². The first kappa shape index (κ1) is 19.7. The highest BCUT2D eigenvalue weighted by Crippen LogP contribution is 2.26. The number of halogens is 3. The molecule has 1 aromatic carbocycles. The van der Waals surface area contributed by atoms with E-state index in [1.54, 1.807) is 12.1 Å². The van der Waals surface area contributed by atoms with E-state index in [1.165, 1.54) is 19.1 Å². The SMILES string of the molecule is CC(=O)c1cc(N)nc(CC2CCN(Cc3cccc(Cl)c3F)CC2)c1F. The van der Waals surface area contributed by atoms with Gasteiger partial charge in [-0.15, -0.1) is 0 Å². The van der Waals surface area contributed by atoms with Crippen molar-refractivity contribution in [3.05, 3.63) is 57.7 Å². The van der Waals surface area contributed by atoms with Crippen LogP contribution in [0.1, 0.15) is 41.4 Å². The number of nitrogens with zero attached hydrogens (tertiary/aromatic N) is 2. The normalized spacial score (nSPS) is 15.9. The van der Waals surface area contributed by atoms with E-state index < -0.39 is 5.82 Å². The lowest BCUT2D eigenvalue weighted by Crippen LogP contribution is -2.34. The maximum atomic E-state index is 14.5. The third-order valence-electron chi connectivity index (χ3n) is 5.04. The zero-order valence-corrected chi connectivity index (χ0v) is 15.9. The lowest BCUT2D eigenvalue weighted by molar-refractivity contribution is 0.101. The summed E-state index contributed by atoms with van der Waals surface area (Å²) in [4.78, 5) is 17.8. The van der Waals surface area contributed by atoms with E-state index >= 15 is 0 Å². The number of rotatable bonds is 5. The molecule has 0 atom stereocenters. The second-order valence-corrected chi connectivity index (χ2v) is 7.46. The monoisotopic (exact) mass is 393 g/mol. The van der Waals surface area contributed by atoms with E-state index in [0.29, 0.717) is 18.5 Å². The molecule has 0 unspecified atom stereocenters. The minimum absolute atomic E-state index is 0.00799. The molecular weight excluding hydrogens is 372 g/mol. The lowest BCUT2D eigenvalue weighted by Gasteiger charge is -2.32. The van der Waals surface area contributed by atoms with Crippen molar-refractivity contribution in [3.8, 4) is 0 Å². The van der Waals surface area contributed by atoms with Gasteiger partial charge in [0.25, 0.3) is 0 Å². The number of anilines is 1. The Labute approximate surface area is 162 Å². The molecule has 2 N–H and O–H groups in total. The maximum Gasteiger partial charge on any atom is 0.162 e. The van der Waals surface area contributed by atoms with Gasteiger partial charge in [0.2, 0.25) is 0 Å². The quantitative estimate of drug-likeness (QED) is 0.771. The van der Waals surface area contributed by atoms with E-state index in [2.05, 4.69) is 9.88 Å². The lowest BCUT2D eigenvalue weighted by atomic mass is 9.91. The fourth-order valence-electron chi connectivity index (χ4n) is 3.53. The molecule has 0 saturated carbocycles. The summed E-state index contributed by atoms with van der Waals surface area (Å²) >= 11 is 5.84. The van der Waals surface area contributed by atoms with Crippen LogP contribution in [-0.2, 0) is 13.0 Å². The molecule has 0 bridgehead atoms. The predicted molar refractivity (Wildman–Crippen MR) is 102 cm³/mol. The van der Waals surface area contributed by atoms with Crippen LogP contribution in [0.2, 0.25) is 5.02 Å². The van der Waals surface area contributed by atoms with E-state index in [-0.39, 0.29) is 39.6 Å². The Hall–Kier alpha value is -2.05. The highest BCUT2D eigenvalue weighted by molar-refractivity contribution is 6.30. The Morgan fingerprint density at radius 3 is 2.67 bits per heavy atom. The minimum atomic E-state index is -0.569. The molecule has 4 nitrogen and oxygen atoms in total. The molecule has 0 aliphatic carbocycles. The third kappa shape index (κ3) is 4.62. The summed E-state index contributed by atoms with van der Waals surface area (Å²) < 4.78 is 28.6. The smallest absolute Gasteiger partial charge is 0.162 e. The number of Topliss-reactive ketones (excluding diaryl/α,β-unsaturated/α-hetero) is 1. The molecule has 7 heteroatoms. The van der Waals surface area contributed by atoms with Crippen LogP contribution in [0.25, 0.3) is 0 Å². The second-order valence-electron chi connectivity index (χ2n) is 7.05. The third-order valence-corrected chi connectivity index (χ3v) is 5.33. The minimum Gasteiger partial charge on any atom is -0.384 e. The molecule has 0 spiro atoms. The summed E-state index contributed by atoms with van der Waals surface area (Å²) in [6.45, 7) is 3.37. The fraction of sp³-hybridized carbons (Fsp3) is 0.400. The summed E-state index contributed by atoms with van der Waals surface area (Å²) in [5.41, 5.74) is 6.54. The Morgan fingerprint density at radius 2 is 2.00 bits per heavy atom. The van der Waals surface area contributed by atoms with E-state index in [1.807, 2.05) is 0 Å². The van der Waals surface area contributed by atoms with Crippen LogP contribution in [-0.4, -0.2) is 28.8 Å². The van der Waals surface area contributed by atoms with Crippen LogP contribution in [0.4, 0.5) is 14.6 Å². The molecule has 1 aromatic heterocycles. The van der Waals surface area contributed by atoms with Gasteiger partial charge >= 0.3 is 0 Å². The van der Waals surface area contributed by atoms with Gasteiger partial charge in [0, 0.05) is 12.1 Å². The van der Waals surface area contributed by atoms with Crippen LogP contribution < -0.4 is 5.73 Å². The molecule has 3 rings (SSSR count). The molecular formula is C20H22ClF2N3O. The average Bonchev–Trinajstić information content (AvgIpc) is 2.63. The molecule has 144 valence electrons. The topological polar surface area (TPSA) is 59.2 Å². The molecule has 27 heavy (non-hydrogen) atoms. The van der Waals surface area contributed by atoms with Gasteiger partial charge in [-0.2, -0.15) is 0 Å². The number of likely N-dealkylation sites (tertiary alicyclic amines) is 1. The second kappa shape index (κ2) is 8.31. The van der Waals surface area contributed by atoms with Crippen molar-refractivity contribution in [3.63, 3.8) is 0 Å². The van der Waals surface area contributed by atoms with Crippen molar-refractivity contribution >= 4 is 23.2 Å². The van der Waals surface area contributed by atoms with Crippen LogP contribution in [0.5, 0.6) is 0 Å². The Balaban J connectivity index is 1.62. The molecule has 2 aromatic rings.